The number of hydrogen-bond donors (Lipinski definition) is 1. The molecule has 0 amide bonds. The van der Waals surface area contributed by atoms with E-state index in [4.69, 9.17) is 0 Å². The minimum Gasteiger partial charge on any atom is -0.314 e. The van der Waals surface area contributed by atoms with Crippen LogP contribution in [-0.4, -0.2) is 27.2 Å². The Labute approximate surface area is 120 Å². The zero-order valence-electron chi connectivity index (χ0n) is 12.4. The number of nitrogens with one attached hydrogen (secondary N) is 1. The molecule has 1 saturated carbocycles. The van der Waals surface area contributed by atoms with Crippen molar-refractivity contribution in [1.29, 1.82) is 0 Å². The molecule has 3 rings (SSSR count). The van der Waals surface area contributed by atoms with Crippen LogP contribution in [0.25, 0.3) is 5.65 Å². The molecule has 4 heteroatoms. The Bertz CT molecular complexity index is 552. The van der Waals surface area contributed by atoms with E-state index in [0.717, 1.165) is 36.3 Å². The number of fused-ring (bicyclic) bond motifs is 1. The van der Waals surface area contributed by atoms with Gasteiger partial charge in [0.25, 0.3) is 0 Å². The van der Waals surface area contributed by atoms with Crippen LogP contribution in [0.1, 0.15) is 38.9 Å². The van der Waals surface area contributed by atoms with Crippen LogP contribution in [0.3, 0.4) is 0 Å². The lowest BCUT2D eigenvalue weighted by molar-refractivity contribution is 0.240. The van der Waals surface area contributed by atoms with Gasteiger partial charge in [0.05, 0.1) is 0 Å². The number of aromatic nitrogens is 3. The minimum atomic E-state index is 0.674. The molecule has 0 bridgehead atoms. The fraction of sp³-hybridized carbons (Fsp3) is 0.625. The SMILES string of the molecule is CC1CC(C)CC(NCCc2nnc3ccccn23)C1. The number of nitrogens with zero attached hydrogens (tertiary/aromatic N) is 3. The molecular weight excluding hydrogens is 248 g/mol. The molecule has 1 N–H and O–H groups in total. The molecule has 20 heavy (non-hydrogen) atoms. The average Bonchev–Trinajstić information content (AvgIpc) is 2.81. The summed E-state index contributed by atoms with van der Waals surface area (Å²) in [5.74, 6) is 2.75. The van der Waals surface area contributed by atoms with Gasteiger partial charge in [-0.05, 0) is 43.2 Å². The van der Waals surface area contributed by atoms with E-state index < -0.39 is 0 Å². The Morgan fingerprint density at radius 1 is 1.15 bits per heavy atom. The van der Waals surface area contributed by atoms with Crippen LogP contribution < -0.4 is 5.32 Å². The van der Waals surface area contributed by atoms with Crippen molar-refractivity contribution < 1.29 is 0 Å². The van der Waals surface area contributed by atoms with Gasteiger partial charge >= 0.3 is 0 Å². The Balaban J connectivity index is 1.55. The highest BCUT2D eigenvalue weighted by molar-refractivity contribution is 5.36. The van der Waals surface area contributed by atoms with Crippen molar-refractivity contribution in [2.75, 3.05) is 6.54 Å². The lowest BCUT2D eigenvalue weighted by atomic mass is 9.80. The summed E-state index contributed by atoms with van der Waals surface area (Å²) in [7, 11) is 0. The summed E-state index contributed by atoms with van der Waals surface area (Å²) in [6.07, 6.45) is 6.97. The van der Waals surface area contributed by atoms with E-state index in [1.807, 2.05) is 24.4 Å². The molecule has 0 radical (unpaired) electrons. The van der Waals surface area contributed by atoms with Crippen molar-refractivity contribution in [1.82, 2.24) is 19.9 Å². The van der Waals surface area contributed by atoms with E-state index in [0.29, 0.717) is 6.04 Å². The van der Waals surface area contributed by atoms with Crippen LogP contribution in [-0.2, 0) is 6.42 Å². The molecular formula is C16H24N4. The van der Waals surface area contributed by atoms with Gasteiger partial charge in [-0.1, -0.05) is 19.9 Å². The van der Waals surface area contributed by atoms with E-state index >= 15 is 0 Å². The Morgan fingerprint density at radius 3 is 2.75 bits per heavy atom. The molecule has 4 nitrogen and oxygen atoms in total. The van der Waals surface area contributed by atoms with E-state index in [-0.39, 0.29) is 0 Å². The van der Waals surface area contributed by atoms with Crippen molar-refractivity contribution >= 4 is 5.65 Å². The normalized spacial score (nSPS) is 27.0. The maximum Gasteiger partial charge on any atom is 0.160 e. The molecule has 0 saturated heterocycles. The van der Waals surface area contributed by atoms with Crippen LogP contribution in [0.5, 0.6) is 0 Å². The zero-order valence-corrected chi connectivity index (χ0v) is 12.4. The topological polar surface area (TPSA) is 42.2 Å². The highest BCUT2D eigenvalue weighted by Crippen LogP contribution is 2.28. The smallest absolute Gasteiger partial charge is 0.160 e. The summed E-state index contributed by atoms with van der Waals surface area (Å²) >= 11 is 0. The second kappa shape index (κ2) is 5.92. The Morgan fingerprint density at radius 2 is 1.95 bits per heavy atom. The number of rotatable bonds is 4. The standard InChI is InChI=1S/C16H24N4/c1-12-9-13(2)11-14(10-12)17-7-6-16-19-18-15-5-3-4-8-20(15)16/h3-5,8,12-14,17H,6-7,9-11H2,1-2H3. The Kier molecular flexibility index (Phi) is 4.01. The first-order valence-corrected chi connectivity index (χ1v) is 7.74. The van der Waals surface area contributed by atoms with Crippen molar-refractivity contribution in [2.24, 2.45) is 11.8 Å². The molecule has 108 valence electrons. The summed E-state index contributed by atoms with van der Waals surface area (Å²) in [5.41, 5.74) is 0.933. The Hall–Kier alpha value is -1.42. The summed E-state index contributed by atoms with van der Waals surface area (Å²) in [6.45, 7) is 5.73. The molecule has 0 aromatic carbocycles. The largest absolute Gasteiger partial charge is 0.314 e. The molecule has 2 atom stereocenters. The number of hydrogen-bond acceptors (Lipinski definition) is 3. The van der Waals surface area contributed by atoms with Gasteiger partial charge < -0.3 is 5.32 Å². The molecule has 0 spiro atoms. The first kappa shape index (κ1) is 13.6. The zero-order chi connectivity index (χ0) is 13.9. The highest BCUT2D eigenvalue weighted by atomic mass is 15.2. The maximum atomic E-state index is 4.28. The summed E-state index contributed by atoms with van der Waals surface area (Å²) in [6, 6.07) is 6.69. The molecule has 0 aliphatic heterocycles. The third-order valence-corrected chi connectivity index (χ3v) is 4.34. The minimum absolute atomic E-state index is 0.674. The third kappa shape index (κ3) is 3.01. The van der Waals surface area contributed by atoms with E-state index in [1.165, 1.54) is 19.3 Å². The molecule has 1 fully saturated rings. The van der Waals surface area contributed by atoms with Crippen molar-refractivity contribution in [2.45, 2.75) is 45.6 Å². The van der Waals surface area contributed by atoms with Gasteiger partial charge in [-0.25, -0.2) is 0 Å². The first-order chi connectivity index (χ1) is 9.72. The maximum absolute atomic E-state index is 4.28. The van der Waals surface area contributed by atoms with E-state index in [2.05, 4.69) is 33.8 Å². The fourth-order valence-corrected chi connectivity index (χ4v) is 3.56. The van der Waals surface area contributed by atoms with Crippen molar-refractivity contribution in [3.05, 3.63) is 30.2 Å². The van der Waals surface area contributed by atoms with Crippen LogP contribution in [0.4, 0.5) is 0 Å². The average molecular weight is 272 g/mol. The van der Waals surface area contributed by atoms with Crippen LogP contribution in [0, 0.1) is 11.8 Å². The van der Waals surface area contributed by atoms with Gasteiger partial charge in [0.2, 0.25) is 0 Å². The van der Waals surface area contributed by atoms with E-state index in [1.54, 1.807) is 0 Å². The van der Waals surface area contributed by atoms with Crippen molar-refractivity contribution in [3.8, 4) is 0 Å². The second-order valence-corrected chi connectivity index (χ2v) is 6.36. The van der Waals surface area contributed by atoms with Gasteiger partial charge in [-0.2, -0.15) is 0 Å². The van der Waals surface area contributed by atoms with Gasteiger partial charge in [0.1, 0.15) is 5.82 Å². The van der Waals surface area contributed by atoms with Gasteiger partial charge in [0, 0.05) is 25.2 Å². The quantitative estimate of drug-likeness (QED) is 0.930. The molecule has 2 aromatic rings. The van der Waals surface area contributed by atoms with Crippen LogP contribution in [0.15, 0.2) is 24.4 Å². The molecule has 1 aliphatic rings. The van der Waals surface area contributed by atoms with Gasteiger partial charge in [-0.15, -0.1) is 10.2 Å². The fourth-order valence-electron chi connectivity index (χ4n) is 3.56. The summed E-state index contributed by atoms with van der Waals surface area (Å²) in [4.78, 5) is 0. The first-order valence-electron chi connectivity index (χ1n) is 7.74. The van der Waals surface area contributed by atoms with Crippen LogP contribution in [0.2, 0.25) is 0 Å². The lowest BCUT2D eigenvalue weighted by Gasteiger charge is -2.32. The molecule has 2 unspecified atom stereocenters. The predicted molar refractivity (Wildman–Crippen MR) is 80.7 cm³/mol. The molecule has 2 heterocycles. The van der Waals surface area contributed by atoms with Crippen molar-refractivity contribution in [3.63, 3.8) is 0 Å². The highest BCUT2D eigenvalue weighted by Gasteiger charge is 2.23. The number of pyridine rings is 1. The summed E-state index contributed by atoms with van der Waals surface area (Å²) in [5, 5.41) is 12.2. The molecule has 1 aliphatic carbocycles. The van der Waals surface area contributed by atoms with Crippen LogP contribution >= 0.6 is 0 Å². The monoisotopic (exact) mass is 272 g/mol. The predicted octanol–water partition coefficient (Wildman–Crippen LogP) is 2.69. The van der Waals surface area contributed by atoms with Gasteiger partial charge in [0.15, 0.2) is 5.65 Å². The summed E-state index contributed by atoms with van der Waals surface area (Å²) < 4.78 is 2.08. The molecule has 2 aromatic heterocycles. The van der Waals surface area contributed by atoms with Gasteiger partial charge in [-0.3, -0.25) is 4.40 Å². The third-order valence-electron chi connectivity index (χ3n) is 4.34. The lowest BCUT2D eigenvalue weighted by Crippen LogP contribution is -2.37. The van der Waals surface area contributed by atoms with E-state index in [9.17, 15) is 0 Å². The second-order valence-electron chi connectivity index (χ2n) is 6.36.